The van der Waals surface area contributed by atoms with Crippen LogP contribution in [0.15, 0.2) is 91.0 Å². The summed E-state index contributed by atoms with van der Waals surface area (Å²) in [7, 11) is 0. The molecule has 1 atom stereocenters. The fourth-order valence-electron chi connectivity index (χ4n) is 4.71. The molecule has 4 rings (SSSR count). The van der Waals surface area contributed by atoms with E-state index in [0.717, 1.165) is 44.9 Å². The number of hydrogen-bond acceptors (Lipinski definition) is 4. The monoisotopic (exact) mass is 499 g/mol. The van der Waals surface area contributed by atoms with Crippen LogP contribution in [0.1, 0.15) is 53.6 Å². The van der Waals surface area contributed by atoms with Crippen LogP contribution in [0.25, 0.3) is 0 Å². The number of aryl methyl sites for hydroxylation is 2. The van der Waals surface area contributed by atoms with Crippen molar-refractivity contribution in [2.45, 2.75) is 57.1 Å². The molecule has 186 valence electrons. The van der Waals surface area contributed by atoms with E-state index in [1.54, 1.807) is 29.2 Å². The highest BCUT2D eigenvalue weighted by molar-refractivity contribution is 7.80. The van der Waals surface area contributed by atoms with Crippen molar-refractivity contribution in [3.63, 3.8) is 0 Å². The molecule has 0 bridgehead atoms. The van der Waals surface area contributed by atoms with E-state index in [9.17, 15) is 9.59 Å². The van der Waals surface area contributed by atoms with E-state index < -0.39 is 11.7 Å². The van der Waals surface area contributed by atoms with Crippen LogP contribution in [0, 0.1) is 0 Å². The largest absolute Gasteiger partial charge is 0.482 e. The van der Waals surface area contributed by atoms with E-state index in [1.165, 1.54) is 11.1 Å². The summed E-state index contributed by atoms with van der Waals surface area (Å²) >= 11 is 5.78. The summed E-state index contributed by atoms with van der Waals surface area (Å²) in [5.74, 6) is -0.989. The van der Waals surface area contributed by atoms with Crippen molar-refractivity contribution in [1.82, 2.24) is 4.90 Å². The molecule has 1 heterocycles. The molecule has 0 spiro atoms. The van der Waals surface area contributed by atoms with Gasteiger partial charge in [-0.1, -0.05) is 91.0 Å². The Morgan fingerprint density at radius 3 is 1.89 bits per heavy atom. The Labute approximate surface area is 219 Å². The molecule has 4 nitrogen and oxygen atoms in total. The van der Waals surface area contributed by atoms with Crippen molar-refractivity contribution >= 4 is 29.0 Å². The summed E-state index contributed by atoms with van der Waals surface area (Å²) in [6.07, 6.45) is 5.92. The number of hydrogen-bond donors (Lipinski definition) is 0. The standard InChI is InChI=1S/C31H33NO3S/c33-29(26-16-8-3-9-17-26)30(34)32-23-11-10-18-28(32)31(36)35-27(21-19-24-12-4-1-5-13-24)22-20-25-14-6-2-7-15-25/h1-9,12-17,27-28H,10-11,18-23H2. The number of ether oxygens (including phenoxy) is 1. The van der Waals surface area contributed by atoms with Gasteiger partial charge in [0, 0.05) is 12.1 Å². The second kappa shape index (κ2) is 13.1. The minimum atomic E-state index is -0.498. The van der Waals surface area contributed by atoms with Gasteiger partial charge >= 0.3 is 0 Å². The van der Waals surface area contributed by atoms with Crippen molar-refractivity contribution in [3.8, 4) is 0 Å². The lowest BCUT2D eigenvalue weighted by molar-refractivity contribution is -0.128. The predicted octanol–water partition coefficient (Wildman–Crippen LogP) is 6.23. The molecule has 0 radical (unpaired) electrons. The minimum Gasteiger partial charge on any atom is -0.482 e. The second-order valence-corrected chi connectivity index (χ2v) is 9.72. The van der Waals surface area contributed by atoms with Crippen LogP contribution in [-0.2, 0) is 22.4 Å². The van der Waals surface area contributed by atoms with Crippen molar-refractivity contribution < 1.29 is 14.3 Å². The third kappa shape index (κ3) is 7.11. The van der Waals surface area contributed by atoms with Gasteiger partial charge in [-0.25, -0.2) is 0 Å². The first-order chi connectivity index (χ1) is 17.6. The second-order valence-electron chi connectivity index (χ2n) is 9.31. The fraction of sp³-hybridized carbons (Fsp3) is 0.323. The maximum atomic E-state index is 13.2. The lowest BCUT2D eigenvalue weighted by Gasteiger charge is -2.36. The maximum absolute atomic E-state index is 13.2. The fourth-order valence-corrected chi connectivity index (χ4v) is 5.09. The van der Waals surface area contributed by atoms with E-state index >= 15 is 0 Å². The lowest BCUT2D eigenvalue weighted by Crippen LogP contribution is -2.51. The highest BCUT2D eigenvalue weighted by Gasteiger charge is 2.35. The minimum absolute atomic E-state index is 0.0679. The van der Waals surface area contributed by atoms with Crippen LogP contribution < -0.4 is 0 Å². The Hall–Kier alpha value is -3.31. The summed E-state index contributed by atoms with van der Waals surface area (Å²) < 4.78 is 6.43. The molecule has 0 saturated carbocycles. The molecular weight excluding hydrogens is 466 g/mol. The predicted molar refractivity (Wildman–Crippen MR) is 147 cm³/mol. The van der Waals surface area contributed by atoms with Gasteiger partial charge in [-0.05, 0) is 68.3 Å². The summed E-state index contributed by atoms with van der Waals surface area (Å²) in [6.45, 7) is 0.518. The normalized spacial score (nSPS) is 15.5. The quantitative estimate of drug-likeness (QED) is 0.189. The topological polar surface area (TPSA) is 46.6 Å². The zero-order valence-electron chi connectivity index (χ0n) is 20.6. The number of amides is 1. The molecule has 3 aromatic rings. The van der Waals surface area contributed by atoms with Crippen molar-refractivity contribution in [2.24, 2.45) is 0 Å². The zero-order chi connectivity index (χ0) is 25.2. The highest BCUT2D eigenvalue weighted by Crippen LogP contribution is 2.23. The van der Waals surface area contributed by atoms with Gasteiger partial charge in [0.2, 0.25) is 5.78 Å². The molecule has 0 aliphatic carbocycles. The van der Waals surface area contributed by atoms with Crippen molar-refractivity contribution in [2.75, 3.05) is 6.54 Å². The number of Topliss-reactive ketones (excluding diaryl/α,β-unsaturated/α-hetero) is 1. The van der Waals surface area contributed by atoms with Gasteiger partial charge < -0.3 is 9.64 Å². The Morgan fingerprint density at radius 2 is 1.33 bits per heavy atom. The Kier molecular flexibility index (Phi) is 9.40. The van der Waals surface area contributed by atoms with Gasteiger partial charge in [0.1, 0.15) is 12.1 Å². The molecule has 36 heavy (non-hydrogen) atoms. The SMILES string of the molecule is O=C(C(=O)N1CCCCC1C(=S)OC(CCc1ccccc1)CCc1ccccc1)c1ccccc1. The van der Waals surface area contributed by atoms with E-state index in [1.807, 2.05) is 18.2 Å². The zero-order valence-corrected chi connectivity index (χ0v) is 21.4. The van der Waals surface area contributed by atoms with E-state index in [-0.39, 0.29) is 12.1 Å². The molecule has 0 aromatic heterocycles. The third-order valence-electron chi connectivity index (χ3n) is 6.74. The molecule has 0 N–H and O–H groups in total. The van der Waals surface area contributed by atoms with E-state index in [2.05, 4.69) is 48.5 Å². The van der Waals surface area contributed by atoms with Crippen molar-refractivity contribution in [1.29, 1.82) is 0 Å². The number of ketones is 1. The molecule has 1 fully saturated rings. The number of carbonyl (C=O) groups excluding carboxylic acids is 2. The average molecular weight is 500 g/mol. The number of likely N-dealkylation sites (tertiary alicyclic amines) is 1. The Balaban J connectivity index is 1.44. The average Bonchev–Trinajstić information content (AvgIpc) is 2.95. The van der Waals surface area contributed by atoms with Crippen LogP contribution in [0.3, 0.4) is 0 Å². The first kappa shape index (κ1) is 25.8. The highest BCUT2D eigenvalue weighted by atomic mass is 32.1. The number of benzene rings is 3. The van der Waals surface area contributed by atoms with Gasteiger partial charge in [0.25, 0.3) is 5.91 Å². The smallest absolute Gasteiger partial charge is 0.295 e. The number of piperidine rings is 1. The van der Waals surface area contributed by atoms with Gasteiger partial charge in [-0.2, -0.15) is 0 Å². The summed E-state index contributed by atoms with van der Waals surface area (Å²) in [5.41, 5.74) is 2.93. The molecular formula is C31H33NO3S. The van der Waals surface area contributed by atoms with Crippen LogP contribution in [-0.4, -0.2) is 40.3 Å². The molecule has 1 saturated heterocycles. The van der Waals surface area contributed by atoms with Crippen LogP contribution in [0.2, 0.25) is 0 Å². The molecule has 1 aliphatic rings. The summed E-state index contributed by atoms with van der Waals surface area (Å²) in [6, 6.07) is 29.1. The number of thiocarbonyl (C=S) groups is 1. The first-order valence-electron chi connectivity index (χ1n) is 12.8. The molecule has 1 aliphatic heterocycles. The molecule has 3 aromatic carbocycles. The van der Waals surface area contributed by atoms with Crippen molar-refractivity contribution in [3.05, 3.63) is 108 Å². The lowest BCUT2D eigenvalue weighted by atomic mass is 9.99. The third-order valence-corrected chi connectivity index (χ3v) is 7.11. The number of nitrogens with zero attached hydrogens (tertiary/aromatic N) is 1. The van der Waals surface area contributed by atoms with Crippen LogP contribution in [0.4, 0.5) is 0 Å². The Morgan fingerprint density at radius 1 is 0.806 bits per heavy atom. The molecule has 1 amide bonds. The van der Waals surface area contributed by atoms with Gasteiger partial charge in [0.05, 0.1) is 0 Å². The van der Waals surface area contributed by atoms with Crippen LogP contribution >= 0.6 is 12.2 Å². The van der Waals surface area contributed by atoms with Gasteiger partial charge in [-0.15, -0.1) is 0 Å². The van der Waals surface area contributed by atoms with E-state index in [0.29, 0.717) is 17.2 Å². The van der Waals surface area contributed by atoms with Gasteiger partial charge in [0.15, 0.2) is 5.05 Å². The first-order valence-corrected chi connectivity index (χ1v) is 13.2. The summed E-state index contributed by atoms with van der Waals surface area (Å²) in [4.78, 5) is 27.7. The Bertz CT molecular complexity index is 1090. The van der Waals surface area contributed by atoms with Gasteiger partial charge in [-0.3, -0.25) is 9.59 Å². The summed E-state index contributed by atoms with van der Waals surface area (Å²) in [5, 5.41) is 0.426. The number of carbonyl (C=O) groups is 2. The van der Waals surface area contributed by atoms with Crippen LogP contribution in [0.5, 0.6) is 0 Å². The molecule has 5 heteroatoms. The maximum Gasteiger partial charge on any atom is 0.295 e. The van der Waals surface area contributed by atoms with E-state index in [4.69, 9.17) is 17.0 Å². The molecule has 1 unspecified atom stereocenters. The number of rotatable bonds is 10.